The zero-order valence-electron chi connectivity index (χ0n) is 14.3. The van der Waals surface area contributed by atoms with Gasteiger partial charge in [-0.15, -0.1) is 0 Å². The van der Waals surface area contributed by atoms with E-state index in [4.69, 9.17) is 21.4 Å². The highest BCUT2D eigenvalue weighted by molar-refractivity contribution is 9.10. The maximum Gasteiger partial charge on any atom is 0.335 e. The fourth-order valence-corrected chi connectivity index (χ4v) is 3.16. The van der Waals surface area contributed by atoms with Crippen molar-refractivity contribution in [2.75, 3.05) is 5.32 Å². The average Bonchev–Trinajstić information content (AvgIpc) is 2.66. The van der Waals surface area contributed by atoms with E-state index in [0.717, 1.165) is 27.0 Å². The van der Waals surface area contributed by atoms with Crippen molar-refractivity contribution in [3.05, 3.63) is 92.9 Å². The number of hydrogen-bond donors (Lipinski definition) is 2. The summed E-state index contributed by atoms with van der Waals surface area (Å²) >= 11 is 9.51. The SMILES string of the molecule is O=C(O)c1ccc(NCc2cc(Br)ccc2OCc2cccc(Cl)c2)cc1. The molecule has 27 heavy (non-hydrogen) atoms. The van der Waals surface area contributed by atoms with Gasteiger partial charge in [-0.25, -0.2) is 4.79 Å². The highest BCUT2D eigenvalue weighted by atomic mass is 79.9. The van der Waals surface area contributed by atoms with Crippen molar-refractivity contribution in [1.29, 1.82) is 0 Å². The number of aromatic carboxylic acids is 1. The first-order chi connectivity index (χ1) is 13.0. The van der Waals surface area contributed by atoms with Crippen molar-refractivity contribution in [2.24, 2.45) is 0 Å². The maximum absolute atomic E-state index is 10.9. The predicted octanol–water partition coefficient (Wildman–Crippen LogP) is 5.99. The quantitative estimate of drug-likeness (QED) is 0.468. The van der Waals surface area contributed by atoms with Gasteiger partial charge in [-0.1, -0.05) is 39.7 Å². The predicted molar refractivity (Wildman–Crippen MR) is 111 cm³/mol. The summed E-state index contributed by atoms with van der Waals surface area (Å²) in [5, 5.41) is 12.9. The zero-order chi connectivity index (χ0) is 19.2. The summed E-state index contributed by atoms with van der Waals surface area (Å²) in [5.41, 5.74) is 3.07. The summed E-state index contributed by atoms with van der Waals surface area (Å²) in [7, 11) is 0. The van der Waals surface area contributed by atoms with Crippen LogP contribution in [0.3, 0.4) is 0 Å². The van der Waals surface area contributed by atoms with E-state index >= 15 is 0 Å². The minimum Gasteiger partial charge on any atom is -0.489 e. The molecule has 0 heterocycles. The zero-order valence-corrected chi connectivity index (χ0v) is 16.6. The summed E-state index contributed by atoms with van der Waals surface area (Å²) in [6.45, 7) is 0.958. The van der Waals surface area contributed by atoms with E-state index in [0.29, 0.717) is 18.2 Å². The van der Waals surface area contributed by atoms with E-state index in [1.807, 2.05) is 42.5 Å². The van der Waals surface area contributed by atoms with Crippen LogP contribution in [-0.2, 0) is 13.2 Å². The van der Waals surface area contributed by atoms with Crippen LogP contribution in [0, 0.1) is 0 Å². The molecule has 0 bridgehead atoms. The second-order valence-corrected chi connectivity index (χ2v) is 7.26. The van der Waals surface area contributed by atoms with Gasteiger partial charge in [0, 0.05) is 27.3 Å². The number of carbonyl (C=O) groups is 1. The Labute approximate surface area is 170 Å². The normalized spacial score (nSPS) is 10.4. The molecule has 0 spiro atoms. The molecule has 3 aromatic rings. The third-order valence-electron chi connectivity index (χ3n) is 3.92. The third-order valence-corrected chi connectivity index (χ3v) is 4.65. The van der Waals surface area contributed by atoms with Crippen molar-refractivity contribution < 1.29 is 14.6 Å². The van der Waals surface area contributed by atoms with Crippen molar-refractivity contribution in [1.82, 2.24) is 0 Å². The van der Waals surface area contributed by atoms with Crippen LogP contribution in [0.2, 0.25) is 5.02 Å². The van der Waals surface area contributed by atoms with E-state index < -0.39 is 5.97 Å². The number of carboxylic acid groups (broad SMARTS) is 1. The summed E-state index contributed by atoms with van der Waals surface area (Å²) in [4.78, 5) is 10.9. The molecule has 0 saturated carbocycles. The minimum atomic E-state index is -0.940. The minimum absolute atomic E-state index is 0.258. The molecule has 0 amide bonds. The lowest BCUT2D eigenvalue weighted by atomic mass is 10.1. The number of ether oxygens (including phenoxy) is 1. The monoisotopic (exact) mass is 445 g/mol. The van der Waals surface area contributed by atoms with E-state index in [1.54, 1.807) is 24.3 Å². The summed E-state index contributed by atoms with van der Waals surface area (Å²) in [6.07, 6.45) is 0. The molecule has 0 saturated heterocycles. The van der Waals surface area contributed by atoms with E-state index in [2.05, 4.69) is 21.2 Å². The molecule has 3 aromatic carbocycles. The van der Waals surface area contributed by atoms with Crippen molar-refractivity contribution in [2.45, 2.75) is 13.2 Å². The standard InChI is InChI=1S/C21H17BrClNO3/c22-17-6-9-20(27-13-14-2-1-3-18(23)10-14)16(11-17)12-24-19-7-4-15(5-8-19)21(25)26/h1-11,24H,12-13H2,(H,25,26). The highest BCUT2D eigenvalue weighted by Gasteiger charge is 2.07. The van der Waals surface area contributed by atoms with Crippen LogP contribution in [0.25, 0.3) is 0 Å². The summed E-state index contributed by atoms with van der Waals surface area (Å²) in [5.74, 6) is -0.168. The summed E-state index contributed by atoms with van der Waals surface area (Å²) < 4.78 is 6.93. The van der Waals surface area contributed by atoms with Crippen molar-refractivity contribution in [3.63, 3.8) is 0 Å². The molecular weight excluding hydrogens is 430 g/mol. The molecule has 0 radical (unpaired) electrons. The highest BCUT2D eigenvalue weighted by Crippen LogP contribution is 2.25. The van der Waals surface area contributed by atoms with Crippen LogP contribution in [-0.4, -0.2) is 11.1 Å². The Hall–Kier alpha value is -2.50. The number of anilines is 1. The number of hydrogen-bond acceptors (Lipinski definition) is 3. The van der Waals surface area contributed by atoms with Gasteiger partial charge < -0.3 is 15.2 Å². The molecule has 0 fully saturated rings. The van der Waals surface area contributed by atoms with Gasteiger partial charge in [0.05, 0.1) is 5.56 Å². The Bertz CT molecular complexity index is 944. The molecule has 0 unspecified atom stereocenters. The number of carboxylic acids is 1. The second-order valence-electron chi connectivity index (χ2n) is 5.91. The Balaban J connectivity index is 1.69. The van der Waals surface area contributed by atoms with Crippen LogP contribution in [0.4, 0.5) is 5.69 Å². The van der Waals surface area contributed by atoms with Crippen LogP contribution in [0.1, 0.15) is 21.5 Å². The van der Waals surface area contributed by atoms with Gasteiger partial charge >= 0.3 is 5.97 Å². The van der Waals surface area contributed by atoms with Gasteiger partial charge in [-0.05, 0) is 60.2 Å². The van der Waals surface area contributed by atoms with Crippen molar-refractivity contribution in [3.8, 4) is 5.75 Å². The van der Waals surface area contributed by atoms with Crippen LogP contribution in [0.5, 0.6) is 5.75 Å². The van der Waals surface area contributed by atoms with Gasteiger partial charge in [0.2, 0.25) is 0 Å². The number of nitrogens with one attached hydrogen (secondary N) is 1. The smallest absolute Gasteiger partial charge is 0.335 e. The fraction of sp³-hybridized carbons (Fsp3) is 0.0952. The molecule has 138 valence electrons. The molecule has 0 aliphatic rings. The first-order valence-electron chi connectivity index (χ1n) is 8.24. The van der Waals surface area contributed by atoms with Crippen molar-refractivity contribution >= 4 is 39.2 Å². The van der Waals surface area contributed by atoms with E-state index in [-0.39, 0.29) is 5.56 Å². The molecule has 2 N–H and O–H groups in total. The molecule has 3 rings (SSSR count). The number of halogens is 2. The molecule has 0 aliphatic heterocycles. The third kappa shape index (κ3) is 5.49. The molecule has 0 aliphatic carbocycles. The fourth-order valence-electron chi connectivity index (χ4n) is 2.54. The molecule has 0 aromatic heterocycles. The van der Waals surface area contributed by atoms with Gasteiger partial charge in [0.15, 0.2) is 0 Å². The average molecular weight is 447 g/mol. The van der Waals surface area contributed by atoms with Gasteiger partial charge in [0.25, 0.3) is 0 Å². The maximum atomic E-state index is 10.9. The lowest BCUT2D eigenvalue weighted by Gasteiger charge is -2.14. The van der Waals surface area contributed by atoms with Crippen LogP contribution < -0.4 is 10.1 Å². The van der Waals surface area contributed by atoms with Crippen LogP contribution >= 0.6 is 27.5 Å². The van der Waals surface area contributed by atoms with Gasteiger partial charge in [0.1, 0.15) is 12.4 Å². The number of rotatable bonds is 7. The lowest BCUT2D eigenvalue weighted by Crippen LogP contribution is -2.04. The Morgan fingerprint density at radius 3 is 2.56 bits per heavy atom. The second kappa shape index (κ2) is 8.93. The first kappa shape index (κ1) is 19.3. The van der Waals surface area contributed by atoms with Crippen LogP contribution in [0.15, 0.2) is 71.2 Å². The van der Waals surface area contributed by atoms with Gasteiger partial charge in [-0.3, -0.25) is 0 Å². The Morgan fingerprint density at radius 2 is 1.85 bits per heavy atom. The molecular formula is C21H17BrClNO3. The van der Waals surface area contributed by atoms with E-state index in [1.165, 1.54) is 0 Å². The van der Waals surface area contributed by atoms with Gasteiger partial charge in [-0.2, -0.15) is 0 Å². The lowest BCUT2D eigenvalue weighted by molar-refractivity contribution is 0.0697. The van der Waals surface area contributed by atoms with E-state index in [9.17, 15) is 4.79 Å². The number of benzene rings is 3. The first-order valence-corrected chi connectivity index (χ1v) is 9.41. The molecule has 6 heteroatoms. The Morgan fingerprint density at radius 1 is 1.07 bits per heavy atom. The topological polar surface area (TPSA) is 58.6 Å². The Kier molecular flexibility index (Phi) is 6.37. The molecule has 4 nitrogen and oxygen atoms in total. The summed E-state index contributed by atoms with van der Waals surface area (Å²) in [6, 6.07) is 20.0. The largest absolute Gasteiger partial charge is 0.489 e. The molecule has 0 atom stereocenters.